The lowest BCUT2D eigenvalue weighted by molar-refractivity contribution is 0.580. The Morgan fingerprint density at radius 2 is 1.88 bits per heavy atom. The molecular formula is C11H13N3O2S. The van der Waals surface area contributed by atoms with Gasteiger partial charge in [-0.15, -0.1) is 5.10 Å². The maximum Gasteiger partial charge on any atom is 0.283 e. The van der Waals surface area contributed by atoms with Gasteiger partial charge in [0.05, 0.1) is 4.90 Å². The zero-order chi connectivity index (χ0) is 12.5. The molecule has 0 radical (unpaired) electrons. The molecule has 5 nitrogen and oxygen atoms in total. The molecule has 0 aliphatic heterocycles. The lowest BCUT2D eigenvalue weighted by Crippen LogP contribution is -2.13. The summed E-state index contributed by atoms with van der Waals surface area (Å²) in [5.41, 5.74) is 6.49. The van der Waals surface area contributed by atoms with E-state index >= 15 is 0 Å². The second-order valence-electron chi connectivity index (χ2n) is 3.62. The summed E-state index contributed by atoms with van der Waals surface area (Å²) >= 11 is 0. The number of hydrogen-bond donors (Lipinski definition) is 1. The Morgan fingerprint density at radius 3 is 2.35 bits per heavy atom. The Bertz CT molecular complexity index is 614. The highest BCUT2D eigenvalue weighted by Crippen LogP contribution is 2.14. The number of aromatic nitrogens is 2. The van der Waals surface area contributed by atoms with E-state index in [2.05, 4.69) is 5.10 Å². The van der Waals surface area contributed by atoms with Crippen molar-refractivity contribution in [1.29, 1.82) is 0 Å². The van der Waals surface area contributed by atoms with Crippen molar-refractivity contribution in [3.05, 3.63) is 42.1 Å². The number of nitrogens with two attached hydrogens (primary N) is 1. The highest BCUT2D eigenvalue weighted by molar-refractivity contribution is 7.89. The zero-order valence-electron chi connectivity index (χ0n) is 9.37. The number of nitrogens with zero attached hydrogens (tertiary/aromatic N) is 2. The van der Waals surface area contributed by atoms with Crippen LogP contribution in [0.25, 0.3) is 0 Å². The smallest absolute Gasteiger partial charge is 0.283 e. The highest BCUT2D eigenvalue weighted by atomic mass is 32.2. The molecule has 6 heteroatoms. The lowest BCUT2D eigenvalue weighted by atomic mass is 10.2. The summed E-state index contributed by atoms with van der Waals surface area (Å²) in [5.74, 6) is 0.179. The first-order valence-electron chi connectivity index (χ1n) is 5.19. The number of anilines is 1. The molecule has 0 unspecified atom stereocenters. The zero-order valence-corrected chi connectivity index (χ0v) is 10.2. The van der Waals surface area contributed by atoms with Crippen LogP contribution in [0.5, 0.6) is 0 Å². The van der Waals surface area contributed by atoms with Crippen LogP contribution in [-0.4, -0.2) is 17.6 Å². The van der Waals surface area contributed by atoms with Gasteiger partial charge in [0.1, 0.15) is 5.82 Å². The standard InChI is InChI=1S/C11H13N3O2S/c1-2-9-3-5-10(6-4-9)17(15,16)14-8-7-11(12)13-14/h3-8H,2H2,1H3,(H2,12,13). The van der Waals surface area contributed by atoms with Crippen molar-refractivity contribution >= 4 is 15.8 Å². The average Bonchev–Trinajstić information content (AvgIpc) is 2.77. The second-order valence-corrected chi connectivity index (χ2v) is 5.41. The van der Waals surface area contributed by atoms with E-state index in [-0.39, 0.29) is 10.7 Å². The van der Waals surface area contributed by atoms with Crippen molar-refractivity contribution in [2.24, 2.45) is 0 Å². The normalized spacial score (nSPS) is 11.6. The van der Waals surface area contributed by atoms with Gasteiger partial charge in [0.15, 0.2) is 0 Å². The molecule has 1 aromatic carbocycles. The molecule has 90 valence electrons. The average molecular weight is 251 g/mol. The summed E-state index contributed by atoms with van der Waals surface area (Å²) in [4.78, 5) is 0.206. The number of rotatable bonds is 3. The molecule has 17 heavy (non-hydrogen) atoms. The van der Waals surface area contributed by atoms with Crippen molar-refractivity contribution in [3.8, 4) is 0 Å². The molecule has 2 rings (SSSR count). The van der Waals surface area contributed by atoms with Gasteiger partial charge in [-0.1, -0.05) is 19.1 Å². The van der Waals surface area contributed by atoms with Gasteiger partial charge in [0.2, 0.25) is 0 Å². The molecule has 2 aromatic rings. The topological polar surface area (TPSA) is 78.0 Å². The summed E-state index contributed by atoms with van der Waals surface area (Å²) in [5, 5.41) is 3.71. The van der Waals surface area contributed by atoms with Gasteiger partial charge < -0.3 is 5.73 Å². The van der Waals surface area contributed by atoms with Crippen molar-refractivity contribution < 1.29 is 8.42 Å². The molecule has 0 aliphatic rings. The van der Waals surface area contributed by atoms with Gasteiger partial charge in [-0.25, -0.2) is 0 Å². The largest absolute Gasteiger partial charge is 0.382 e. The Kier molecular flexibility index (Phi) is 2.89. The number of nitrogen functional groups attached to an aromatic ring is 1. The number of benzene rings is 1. The maximum atomic E-state index is 12.1. The molecule has 1 aromatic heterocycles. The van der Waals surface area contributed by atoms with Gasteiger partial charge in [-0.2, -0.15) is 12.5 Å². The van der Waals surface area contributed by atoms with Crippen molar-refractivity contribution in [2.75, 3.05) is 5.73 Å². The molecule has 0 saturated carbocycles. The summed E-state index contributed by atoms with van der Waals surface area (Å²) in [6, 6.07) is 8.18. The van der Waals surface area contributed by atoms with E-state index in [1.54, 1.807) is 24.3 Å². The third-order valence-corrected chi connectivity index (χ3v) is 4.03. The highest BCUT2D eigenvalue weighted by Gasteiger charge is 2.17. The van der Waals surface area contributed by atoms with Crippen LogP contribution in [0.4, 0.5) is 5.82 Å². The quantitative estimate of drug-likeness (QED) is 0.891. The fourth-order valence-corrected chi connectivity index (χ4v) is 2.58. The van der Waals surface area contributed by atoms with E-state index in [4.69, 9.17) is 5.73 Å². The van der Waals surface area contributed by atoms with Crippen LogP contribution in [0.15, 0.2) is 41.4 Å². The SMILES string of the molecule is CCc1ccc(S(=O)(=O)n2ccc(N)n2)cc1. The molecule has 0 fully saturated rings. The third-order valence-electron chi connectivity index (χ3n) is 2.46. The van der Waals surface area contributed by atoms with Crippen molar-refractivity contribution in [2.45, 2.75) is 18.2 Å². The second kappa shape index (κ2) is 4.21. The minimum Gasteiger partial charge on any atom is -0.382 e. The fourth-order valence-electron chi connectivity index (χ4n) is 1.46. The Hall–Kier alpha value is -1.82. The van der Waals surface area contributed by atoms with Crippen molar-refractivity contribution in [1.82, 2.24) is 9.19 Å². The molecule has 0 aliphatic carbocycles. The molecular weight excluding hydrogens is 238 g/mol. The first-order chi connectivity index (χ1) is 8.04. The van der Waals surface area contributed by atoms with Crippen molar-refractivity contribution in [3.63, 3.8) is 0 Å². The summed E-state index contributed by atoms with van der Waals surface area (Å²) < 4.78 is 25.1. The van der Waals surface area contributed by atoms with E-state index in [0.29, 0.717) is 0 Å². The van der Waals surface area contributed by atoms with Crippen LogP contribution in [0.2, 0.25) is 0 Å². The van der Waals surface area contributed by atoms with E-state index in [0.717, 1.165) is 16.1 Å². The van der Waals surface area contributed by atoms with E-state index in [1.165, 1.54) is 12.3 Å². The molecule has 0 saturated heterocycles. The monoisotopic (exact) mass is 251 g/mol. The Labute approximate surface area is 99.9 Å². The summed E-state index contributed by atoms with van der Waals surface area (Å²) in [6.07, 6.45) is 2.20. The first kappa shape index (κ1) is 11.7. The predicted molar refractivity (Wildman–Crippen MR) is 65.0 cm³/mol. The van der Waals surface area contributed by atoms with E-state index < -0.39 is 10.0 Å². The van der Waals surface area contributed by atoms with Crippen LogP contribution in [0.3, 0.4) is 0 Å². The van der Waals surface area contributed by atoms with Crippen LogP contribution in [0, 0.1) is 0 Å². The van der Waals surface area contributed by atoms with Gasteiger partial charge in [-0.05, 0) is 24.1 Å². The first-order valence-corrected chi connectivity index (χ1v) is 6.63. The van der Waals surface area contributed by atoms with Gasteiger partial charge in [0, 0.05) is 12.3 Å². The van der Waals surface area contributed by atoms with Gasteiger partial charge in [-0.3, -0.25) is 0 Å². The van der Waals surface area contributed by atoms with Crippen LogP contribution < -0.4 is 5.73 Å². The van der Waals surface area contributed by atoms with Gasteiger partial charge in [0.25, 0.3) is 10.0 Å². The van der Waals surface area contributed by atoms with Crippen LogP contribution in [-0.2, 0) is 16.4 Å². The number of hydrogen-bond acceptors (Lipinski definition) is 4. The van der Waals surface area contributed by atoms with E-state index in [1.807, 2.05) is 6.92 Å². The maximum absolute atomic E-state index is 12.1. The minimum atomic E-state index is -3.62. The Balaban J connectivity index is 2.44. The minimum absolute atomic E-state index is 0.179. The predicted octanol–water partition coefficient (Wildman–Crippen LogP) is 1.26. The number of aryl methyl sites for hydroxylation is 1. The molecule has 0 atom stereocenters. The molecule has 0 bridgehead atoms. The van der Waals surface area contributed by atoms with Gasteiger partial charge >= 0.3 is 0 Å². The van der Waals surface area contributed by atoms with Crippen LogP contribution in [0.1, 0.15) is 12.5 Å². The molecule has 0 spiro atoms. The van der Waals surface area contributed by atoms with E-state index in [9.17, 15) is 8.42 Å². The molecule has 0 amide bonds. The molecule has 1 heterocycles. The third kappa shape index (κ3) is 2.16. The summed E-state index contributed by atoms with van der Waals surface area (Å²) in [7, 11) is -3.62. The molecule has 2 N–H and O–H groups in total. The Morgan fingerprint density at radius 1 is 1.24 bits per heavy atom. The lowest BCUT2D eigenvalue weighted by Gasteiger charge is -2.04. The van der Waals surface area contributed by atoms with Crippen LogP contribution >= 0.6 is 0 Å². The fraction of sp³-hybridized carbons (Fsp3) is 0.182. The summed E-state index contributed by atoms with van der Waals surface area (Å²) in [6.45, 7) is 2.01.